The fourth-order valence-electron chi connectivity index (χ4n) is 1.74. The smallest absolute Gasteiger partial charge is 0.269 e. The molecule has 2 rings (SSSR count). The highest BCUT2D eigenvalue weighted by molar-refractivity contribution is 6.30. The van der Waals surface area contributed by atoms with Gasteiger partial charge in [-0.25, -0.2) is 4.98 Å². The van der Waals surface area contributed by atoms with Crippen LogP contribution in [0.5, 0.6) is 0 Å². The van der Waals surface area contributed by atoms with Crippen molar-refractivity contribution in [3.8, 4) is 0 Å². The van der Waals surface area contributed by atoms with Crippen LogP contribution in [0.2, 0.25) is 5.15 Å². The molecular formula is C13H11ClN4O3. The van der Waals surface area contributed by atoms with Crippen molar-refractivity contribution in [1.29, 1.82) is 0 Å². The van der Waals surface area contributed by atoms with Gasteiger partial charge in [-0.15, -0.1) is 0 Å². The minimum atomic E-state index is -0.498. The molecule has 1 amide bonds. The Morgan fingerprint density at radius 2 is 2.10 bits per heavy atom. The van der Waals surface area contributed by atoms with Crippen LogP contribution >= 0.6 is 11.6 Å². The average Bonchev–Trinajstić information content (AvgIpc) is 2.39. The van der Waals surface area contributed by atoms with E-state index in [9.17, 15) is 14.9 Å². The molecule has 0 unspecified atom stereocenters. The number of halogens is 1. The lowest BCUT2D eigenvalue weighted by Gasteiger charge is -2.08. The number of hydrogen-bond donors (Lipinski definition) is 2. The van der Waals surface area contributed by atoms with Crippen LogP contribution in [0.25, 0.3) is 0 Å². The lowest BCUT2D eigenvalue weighted by atomic mass is 10.1. The first-order valence-electron chi connectivity index (χ1n) is 5.86. The molecule has 21 heavy (non-hydrogen) atoms. The number of non-ortho nitro benzene ring substituents is 1. The number of benzene rings is 1. The summed E-state index contributed by atoms with van der Waals surface area (Å²) in [7, 11) is 0. The van der Waals surface area contributed by atoms with Gasteiger partial charge in [-0.3, -0.25) is 14.9 Å². The van der Waals surface area contributed by atoms with Gasteiger partial charge in [-0.2, -0.15) is 0 Å². The molecule has 0 fully saturated rings. The number of aryl methyl sites for hydroxylation is 1. The number of amides is 1. The average molecular weight is 307 g/mol. The molecule has 0 radical (unpaired) electrons. The molecule has 0 atom stereocenters. The summed E-state index contributed by atoms with van der Waals surface area (Å²) in [5.41, 5.74) is 6.78. The van der Waals surface area contributed by atoms with E-state index in [1.54, 1.807) is 6.92 Å². The van der Waals surface area contributed by atoms with Gasteiger partial charge in [-0.05, 0) is 30.7 Å². The lowest BCUT2D eigenvalue weighted by Crippen LogP contribution is -2.13. The third kappa shape index (κ3) is 3.46. The predicted molar refractivity (Wildman–Crippen MR) is 79.4 cm³/mol. The van der Waals surface area contributed by atoms with Crippen LogP contribution in [0.1, 0.15) is 15.9 Å². The van der Waals surface area contributed by atoms with E-state index in [4.69, 9.17) is 17.3 Å². The number of rotatable bonds is 3. The quantitative estimate of drug-likeness (QED) is 0.514. The number of nitrogens with two attached hydrogens (primary N) is 1. The monoisotopic (exact) mass is 306 g/mol. The van der Waals surface area contributed by atoms with Gasteiger partial charge in [0.15, 0.2) is 0 Å². The van der Waals surface area contributed by atoms with Crippen molar-refractivity contribution in [1.82, 2.24) is 4.98 Å². The van der Waals surface area contributed by atoms with Gasteiger partial charge in [0.25, 0.3) is 11.6 Å². The lowest BCUT2D eigenvalue weighted by molar-refractivity contribution is -0.384. The van der Waals surface area contributed by atoms with Gasteiger partial charge in [-0.1, -0.05) is 11.6 Å². The number of carbonyl (C=O) groups excluding carboxylic acids is 1. The number of nitrogen functional groups attached to an aromatic ring is 1. The van der Waals surface area contributed by atoms with Crippen molar-refractivity contribution in [3.63, 3.8) is 0 Å². The van der Waals surface area contributed by atoms with E-state index in [0.29, 0.717) is 11.3 Å². The number of nitrogens with one attached hydrogen (secondary N) is 1. The van der Waals surface area contributed by atoms with Crippen LogP contribution in [0.3, 0.4) is 0 Å². The number of carbonyl (C=O) groups is 1. The molecule has 1 aromatic heterocycles. The normalized spacial score (nSPS) is 10.2. The fraction of sp³-hybridized carbons (Fsp3) is 0.0769. The number of nitro groups is 1. The van der Waals surface area contributed by atoms with Gasteiger partial charge in [0.05, 0.1) is 4.92 Å². The van der Waals surface area contributed by atoms with Crippen molar-refractivity contribution in [2.45, 2.75) is 6.92 Å². The second-order valence-electron chi connectivity index (χ2n) is 4.31. The van der Waals surface area contributed by atoms with E-state index in [1.807, 2.05) is 0 Å². The van der Waals surface area contributed by atoms with Crippen molar-refractivity contribution in [2.75, 3.05) is 11.1 Å². The Balaban J connectivity index is 2.25. The molecule has 0 saturated carbocycles. The van der Waals surface area contributed by atoms with Crippen LogP contribution in [-0.2, 0) is 0 Å². The van der Waals surface area contributed by atoms with Crippen LogP contribution in [0.15, 0.2) is 30.3 Å². The third-order valence-electron chi connectivity index (χ3n) is 2.75. The molecular weight excluding hydrogens is 296 g/mol. The van der Waals surface area contributed by atoms with E-state index < -0.39 is 10.8 Å². The molecule has 108 valence electrons. The highest BCUT2D eigenvalue weighted by Gasteiger charge is 2.12. The Morgan fingerprint density at radius 1 is 1.38 bits per heavy atom. The zero-order chi connectivity index (χ0) is 15.6. The van der Waals surface area contributed by atoms with Crippen molar-refractivity contribution < 1.29 is 9.72 Å². The summed E-state index contributed by atoms with van der Waals surface area (Å²) < 4.78 is 0. The number of nitro benzene ring substituents is 1. The molecule has 0 saturated heterocycles. The van der Waals surface area contributed by atoms with Gasteiger partial charge < -0.3 is 11.1 Å². The number of hydrogen-bond acceptors (Lipinski definition) is 5. The van der Waals surface area contributed by atoms with Crippen molar-refractivity contribution in [3.05, 3.63) is 56.7 Å². The van der Waals surface area contributed by atoms with Crippen LogP contribution in [0, 0.1) is 17.0 Å². The standard InChI is InChI=1S/C13H11ClN4O3/c1-7-4-9(18(20)21)2-3-10(7)16-13(19)8-5-11(14)17-12(15)6-8/h2-6H,1H3,(H2,15,17)(H,16,19). The van der Waals surface area contributed by atoms with Gasteiger partial charge in [0.1, 0.15) is 11.0 Å². The summed E-state index contributed by atoms with van der Waals surface area (Å²) in [6, 6.07) is 6.94. The minimum absolute atomic E-state index is 0.0401. The first kappa shape index (κ1) is 14.7. The highest BCUT2D eigenvalue weighted by Crippen LogP contribution is 2.22. The SMILES string of the molecule is Cc1cc([N+](=O)[O-])ccc1NC(=O)c1cc(N)nc(Cl)c1. The molecule has 8 heteroatoms. The molecule has 2 aromatic rings. The van der Waals surface area contributed by atoms with E-state index in [1.165, 1.54) is 30.3 Å². The Bertz CT molecular complexity index is 713. The molecule has 1 aromatic carbocycles. The first-order valence-corrected chi connectivity index (χ1v) is 6.24. The molecule has 0 aliphatic rings. The molecule has 0 bridgehead atoms. The van der Waals surface area contributed by atoms with Crippen LogP contribution < -0.4 is 11.1 Å². The van der Waals surface area contributed by atoms with Gasteiger partial charge in [0, 0.05) is 23.4 Å². The predicted octanol–water partition coefficient (Wildman–Crippen LogP) is 2.79. The summed E-state index contributed by atoms with van der Waals surface area (Å²) in [6.07, 6.45) is 0. The summed E-state index contributed by atoms with van der Waals surface area (Å²) in [5.74, 6) is -0.295. The Morgan fingerprint density at radius 3 is 2.67 bits per heavy atom. The number of anilines is 2. The van der Waals surface area contributed by atoms with Crippen molar-refractivity contribution >= 4 is 34.7 Å². The minimum Gasteiger partial charge on any atom is -0.384 e. The maximum Gasteiger partial charge on any atom is 0.269 e. The largest absolute Gasteiger partial charge is 0.384 e. The number of nitrogens with zero attached hydrogens (tertiary/aromatic N) is 2. The molecule has 0 aliphatic heterocycles. The van der Waals surface area contributed by atoms with Crippen LogP contribution in [-0.4, -0.2) is 15.8 Å². The molecule has 3 N–H and O–H groups in total. The second kappa shape index (κ2) is 5.76. The Kier molecular flexibility index (Phi) is 4.04. The summed E-state index contributed by atoms with van der Waals surface area (Å²) in [4.78, 5) is 26.0. The fourth-order valence-corrected chi connectivity index (χ4v) is 1.96. The third-order valence-corrected chi connectivity index (χ3v) is 2.94. The molecule has 0 spiro atoms. The van der Waals surface area contributed by atoms with Crippen LogP contribution in [0.4, 0.5) is 17.2 Å². The van der Waals surface area contributed by atoms with E-state index >= 15 is 0 Å². The maximum atomic E-state index is 12.1. The van der Waals surface area contributed by atoms with E-state index in [-0.39, 0.29) is 22.2 Å². The summed E-state index contributed by atoms with van der Waals surface area (Å²) in [6.45, 7) is 1.66. The second-order valence-corrected chi connectivity index (χ2v) is 4.70. The molecule has 0 aliphatic carbocycles. The van der Waals surface area contributed by atoms with E-state index in [2.05, 4.69) is 10.3 Å². The number of aromatic nitrogens is 1. The zero-order valence-corrected chi connectivity index (χ0v) is 11.7. The Labute approximate surface area is 124 Å². The molecule has 7 nitrogen and oxygen atoms in total. The Hall–Kier alpha value is -2.67. The zero-order valence-electron chi connectivity index (χ0n) is 11.0. The summed E-state index contributed by atoms with van der Waals surface area (Å²) >= 11 is 5.74. The summed E-state index contributed by atoms with van der Waals surface area (Å²) in [5, 5.41) is 13.4. The molecule has 1 heterocycles. The van der Waals surface area contributed by atoms with E-state index in [0.717, 1.165) is 0 Å². The first-order chi connectivity index (χ1) is 9.86. The maximum absolute atomic E-state index is 12.1. The van der Waals surface area contributed by atoms with Gasteiger partial charge >= 0.3 is 0 Å². The van der Waals surface area contributed by atoms with Gasteiger partial charge in [0.2, 0.25) is 0 Å². The topological polar surface area (TPSA) is 111 Å². The number of pyridine rings is 1. The highest BCUT2D eigenvalue weighted by atomic mass is 35.5. The van der Waals surface area contributed by atoms with Crippen molar-refractivity contribution in [2.24, 2.45) is 0 Å².